The van der Waals surface area contributed by atoms with Crippen molar-refractivity contribution in [2.45, 2.75) is 217 Å². The lowest BCUT2D eigenvalue weighted by Crippen LogP contribution is -2.34. The summed E-state index contributed by atoms with van der Waals surface area (Å²) in [5, 5.41) is 21.4. The lowest BCUT2D eigenvalue weighted by atomic mass is 9.94. The van der Waals surface area contributed by atoms with Crippen molar-refractivity contribution in [2.75, 3.05) is 0 Å². The van der Waals surface area contributed by atoms with E-state index in [4.69, 9.17) is 14.4 Å². The molecule has 8 N–H and O–H groups in total. The highest BCUT2D eigenvalue weighted by Gasteiger charge is 2.37. The normalized spacial score (nSPS) is 18.4. The quantitative estimate of drug-likeness (QED) is 0.0333. The number of ether oxygens (including phenoxy) is 2. The second-order valence-electron chi connectivity index (χ2n) is 25.3. The Hall–Kier alpha value is -8.67. The predicted molar refractivity (Wildman–Crippen MR) is 356 cm³/mol. The minimum Gasteiger partial charge on any atom is -0.504 e. The average Bonchev–Trinajstić information content (AvgIpc) is 1.72. The maximum atomic E-state index is 11.0. The Kier molecular flexibility index (Phi) is 36.3. The number of esters is 1. The first-order valence-electron chi connectivity index (χ1n) is 30.9. The van der Waals surface area contributed by atoms with E-state index in [-0.39, 0.29) is 151 Å². The van der Waals surface area contributed by atoms with Crippen LogP contribution in [0.1, 0.15) is 217 Å². The summed E-state index contributed by atoms with van der Waals surface area (Å²) in [6.45, 7) is 37.9. The van der Waals surface area contributed by atoms with E-state index in [9.17, 15) is 76.7 Å². The number of ketones is 4. The van der Waals surface area contributed by atoms with E-state index in [0.717, 1.165) is 39.7 Å². The Labute approximate surface area is 570 Å². The summed E-state index contributed by atoms with van der Waals surface area (Å²) < 4.78 is 27.7. The van der Waals surface area contributed by atoms with Gasteiger partial charge in [-0.15, -0.1) is 4.74 Å². The summed E-state index contributed by atoms with van der Waals surface area (Å²) in [6, 6.07) is -0.348. The number of aromatic nitrogens is 8. The molecule has 5 aliphatic rings. The van der Waals surface area contributed by atoms with Gasteiger partial charge in [0.2, 0.25) is 17.2 Å². The molecular formula is C61H91N11O22S3. The number of imide groups is 2. The van der Waals surface area contributed by atoms with Crippen LogP contribution in [-0.4, -0.2) is 126 Å². The van der Waals surface area contributed by atoms with Crippen molar-refractivity contribution in [3.8, 4) is 5.75 Å². The van der Waals surface area contributed by atoms with Crippen LogP contribution < -0.4 is 48.9 Å². The SMILES string of the molecule is CC(C)C1CC(=O)CC1=O.CC(C)C1NC(=O)CC1=O.CC(C)C1OC(=O)CC1=O.CC(C)C1OC(=O)NC1=O.CC(C)C1SC(=O)NC1=O.CC(C)c1c(O)c(=O)c1=O.CC(C)c1nc(=S)o[nH]1.CC(C)c1noc(=O)[nH]1.CC(C)c1nsc(=O)[nH]1.CC(C)n1oc(=O)[nH]c1=O. The molecule has 0 spiro atoms. The van der Waals surface area contributed by atoms with Gasteiger partial charge in [0.1, 0.15) is 29.6 Å². The maximum Gasteiger partial charge on any atom is 0.440 e. The van der Waals surface area contributed by atoms with Crippen LogP contribution >= 0.6 is 35.5 Å². The van der Waals surface area contributed by atoms with Crippen molar-refractivity contribution in [3.63, 3.8) is 0 Å². The van der Waals surface area contributed by atoms with Crippen LogP contribution in [0.5, 0.6) is 5.75 Å². The van der Waals surface area contributed by atoms with E-state index >= 15 is 0 Å². The molecule has 4 saturated heterocycles. The number of cyclic esters (lactones) is 2. The topological polar surface area (TPSA) is 494 Å². The number of alkyl carbamates (subject to hydrolysis) is 1. The molecule has 10 rings (SSSR count). The van der Waals surface area contributed by atoms with Gasteiger partial charge in [0.15, 0.2) is 35.3 Å². The zero-order valence-electron chi connectivity index (χ0n) is 58.0. The van der Waals surface area contributed by atoms with Crippen molar-refractivity contribution < 1.29 is 76.1 Å². The highest BCUT2D eigenvalue weighted by Crippen LogP contribution is 2.26. The number of hydrogen-bond donors (Lipinski definition) is 8. The van der Waals surface area contributed by atoms with E-state index in [2.05, 4.69) is 66.3 Å². The van der Waals surface area contributed by atoms with Crippen molar-refractivity contribution >= 4 is 93.7 Å². The fourth-order valence-electron chi connectivity index (χ4n) is 8.13. The number of aromatic amines is 4. The Morgan fingerprint density at radius 2 is 1.14 bits per heavy atom. The molecule has 5 atom stereocenters. The molecular weight excluding hydrogens is 1330 g/mol. The number of carbonyl (C=O) groups is 10. The second-order valence-corrected chi connectivity index (χ2v) is 27.5. The zero-order valence-corrected chi connectivity index (χ0v) is 60.5. The maximum absolute atomic E-state index is 11.0. The molecule has 5 amide bonds. The molecule has 1 saturated carbocycles. The first-order valence-corrected chi connectivity index (χ1v) is 33.0. The van der Waals surface area contributed by atoms with Crippen LogP contribution in [-0.2, 0) is 47.8 Å². The monoisotopic (exact) mass is 1430 g/mol. The molecule has 540 valence electrons. The van der Waals surface area contributed by atoms with E-state index in [1.807, 2.05) is 121 Å². The van der Waals surface area contributed by atoms with Crippen molar-refractivity contribution in [2.24, 2.45) is 35.5 Å². The Bertz CT molecular complexity index is 3480. The van der Waals surface area contributed by atoms with Crippen molar-refractivity contribution in [1.82, 2.24) is 55.3 Å². The zero-order chi connectivity index (χ0) is 74.8. The molecule has 5 aromatic rings. The second kappa shape index (κ2) is 40.8. The Morgan fingerprint density at radius 3 is 1.35 bits per heavy atom. The number of thioether (sulfide) groups is 1. The number of nitrogens with one attached hydrogen (secondary N) is 7. The third kappa shape index (κ3) is 29.7. The van der Waals surface area contributed by atoms with Gasteiger partial charge >= 0.3 is 39.0 Å². The fourth-order valence-corrected chi connectivity index (χ4v) is 9.69. The number of amides is 5. The van der Waals surface area contributed by atoms with Crippen LogP contribution in [0.25, 0.3) is 0 Å². The molecule has 0 bridgehead atoms. The van der Waals surface area contributed by atoms with Crippen molar-refractivity contribution in [3.05, 3.63) is 89.6 Å². The van der Waals surface area contributed by atoms with E-state index < -0.39 is 46.4 Å². The number of Topliss-reactive ketones (excluding diaryl/α,β-unsaturated/α-hetero) is 4. The number of carbonyl (C=O) groups excluding carboxylic acids is 10. The van der Waals surface area contributed by atoms with Gasteiger partial charge in [-0.25, -0.2) is 29.3 Å². The molecule has 0 radical (unpaired) electrons. The number of nitrogens with zero attached hydrogens (tertiary/aromatic N) is 4. The van der Waals surface area contributed by atoms with Crippen LogP contribution in [0.2, 0.25) is 0 Å². The number of hydrogen-bond acceptors (Lipinski definition) is 28. The third-order valence-electron chi connectivity index (χ3n) is 13.4. The number of H-pyrrole nitrogens is 4. The third-order valence-corrected chi connectivity index (χ3v) is 15.5. The van der Waals surface area contributed by atoms with Gasteiger partial charge in [0, 0.05) is 41.6 Å². The lowest BCUT2D eigenvalue weighted by Gasteiger charge is -2.11. The number of rotatable bonds is 10. The lowest BCUT2D eigenvalue weighted by molar-refractivity contribution is -0.144. The molecule has 5 fully saturated rings. The molecule has 33 nitrogen and oxygen atoms in total. The van der Waals surface area contributed by atoms with Crippen LogP contribution in [0.3, 0.4) is 0 Å². The largest absolute Gasteiger partial charge is 0.504 e. The van der Waals surface area contributed by atoms with Gasteiger partial charge in [0.05, 0.1) is 35.7 Å². The first kappa shape index (κ1) is 86.3. The highest BCUT2D eigenvalue weighted by molar-refractivity contribution is 8.15. The minimum absolute atomic E-state index is 0.0208. The van der Waals surface area contributed by atoms with Gasteiger partial charge in [-0.05, 0) is 61.6 Å². The fraction of sp³-hybridized carbons (Fsp3) is 0.639. The molecule has 1 aliphatic carbocycles. The molecule has 1 aromatic carbocycles. The van der Waals surface area contributed by atoms with Gasteiger partial charge < -0.3 is 28.9 Å². The molecule has 8 heterocycles. The Morgan fingerprint density at radius 1 is 0.567 bits per heavy atom. The molecule has 97 heavy (non-hydrogen) atoms. The number of aromatic hydroxyl groups is 1. The van der Waals surface area contributed by atoms with E-state index in [1.165, 1.54) is 0 Å². The smallest absolute Gasteiger partial charge is 0.440 e. The van der Waals surface area contributed by atoms with Crippen molar-refractivity contribution in [1.29, 1.82) is 0 Å². The first-order chi connectivity index (χ1) is 44.8. The summed E-state index contributed by atoms with van der Waals surface area (Å²) in [5.74, 6) is 1.65. The molecule has 4 aliphatic heterocycles. The minimum atomic E-state index is -0.747. The average molecular weight is 1430 g/mol. The van der Waals surface area contributed by atoms with Gasteiger partial charge in [-0.2, -0.15) is 9.36 Å². The van der Waals surface area contributed by atoms with Gasteiger partial charge in [-0.1, -0.05) is 142 Å². The summed E-state index contributed by atoms with van der Waals surface area (Å²) in [6.07, 6.45) is -1.01. The van der Waals surface area contributed by atoms with Gasteiger partial charge in [0.25, 0.3) is 16.6 Å². The van der Waals surface area contributed by atoms with Crippen LogP contribution in [0, 0.1) is 40.3 Å². The Balaban J connectivity index is 0.000000539. The molecule has 36 heteroatoms. The van der Waals surface area contributed by atoms with Crippen LogP contribution in [0.15, 0.2) is 42.3 Å². The van der Waals surface area contributed by atoms with E-state index in [0.29, 0.717) is 30.0 Å². The molecule has 5 unspecified atom stereocenters. The van der Waals surface area contributed by atoms with Crippen LogP contribution in [0.4, 0.5) is 9.59 Å². The highest BCUT2D eigenvalue weighted by atomic mass is 32.2. The summed E-state index contributed by atoms with van der Waals surface area (Å²) >= 11 is 6.70. The van der Waals surface area contributed by atoms with E-state index in [1.54, 1.807) is 27.7 Å². The summed E-state index contributed by atoms with van der Waals surface area (Å²) in [4.78, 5) is 181. The molecule has 4 aromatic heterocycles. The van der Waals surface area contributed by atoms with Gasteiger partial charge in [-0.3, -0.25) is 82.7 Å². The standard InChI is InChI=1S/C8H12O2.C7H11NO2.C7H10O3.C7H8O3.C6H9NO3.C6H9NO2S.C5H8N2O3.C5H8N2O2.2C5H8N2OS/c1-5(2)7-3-6(9)4-8(7)10;1-4(2)7-5(9)3-6(10)8-7;1-4(2)7-5(8)3-6(9)10-7;1-3(2)4-5(8)7(10)6(4)9;2*1-3(2)4-5(8)7-6(9)10-4;1-3(2)7-4(8)6-5(9)10-7;2*1-3(2)4-6-5(8)9-7-4;1-3(2)4-6-5(9)8-7-4/h5,7H,3-4H2,1-2H3;4,7H,3H2,1-2H3,(H,8,10);4,7H,3H2,1-2H3;3,8H,1-2H3;2*3-4H,1-2H3,(H,7,8,9);3H,1-2H3,(H,6,8,9);2*3H,1-2H3,(H,6,7,8);3H,1-2H3,(H,6,7,9). The predicted octanol–water partition coefficient (Wildman–Crippen LogP) is 6.21. The summed E-state index contributed by atoms with van der Waals surface area (Å²) in [5.41, 5.74) is -1.51. The summed E-state index contributed by atoms with van der Waals surface area (Å²) in [7, 11) is 0.